The molecule has 0 bridgehead atoms. The van der Waals surface area contributed by atoms with Crippen LogP contribution in [0.25, 0.3) is 0 Å². The van der Waals surface area contributed by atoms with Crippen LogP contribution in [-0.2, 0) is 9.53 Å². The maximum atomic E-state index is 13.8. The van der Waals surface area contributed by atoms with Gasteiger partial charge < -0.3 is 9.64 Å². The zero-order chi connectivity index (χ0) is 16.3. The van der Waals surface area contributed by atoms with Gasteiger partial charge in [-0.1, -0.05) is 11.6 Å². The molecule has 120 valence electrons. The van der Waals surface area contributed by atoms with Crippen molar-refractivity contribution < 1.29 is 23.1 Å². The standard InChI is InChI=1S/C15H16ClF2NO3/c1-2-22-15(21)9-4-3-5-19(8-9)14(20)10-6-13(18)11(16)7-12(10)17/h6-7,9H,2-5,8H2,1H3. The lowest BCUT2D eigenvalue weighted by atomic mass is 9.97. The molecule has 0 saturated carbocycles. The van der Waals surface area contributed by atoms with Crippen LogP contribution in [0.3, 0.4) is 0 Å². The summed E-state index contributed by atoms with van der Waals surface area (Å²) in [5.74, 6) is -3.19. The number of carbonyl (C=O) groups is 2. The Morgan fingerprint density at radius 3 is 2.77 bits per heavy atom. The summed E-state index contributed by atoms with van der Waals surface area (Å²) in [5.41, 5.74) is -0.383. The lowest BCUT2D eigenvalue weighted by Crippen LogP contribution is -2.43. The first-order chi connectivity index (χ1) is 10.4. The Kier molecular flexibility index (Phi) is 5.34. The van der Waals surface area contributed by atoms with E-state index in [4.69, 9.17) is 16.3 Å². The van der Waals surface area contributed by atoms with Gasteiger partial charge in [-0.15, -0.1) is 0 Å². The summed E-state index contributed by atoms with van der Waals surface area (Å²) in [6.07, 6.45) is 1.22. The molecule has 22 heavy (non-hydrogen) atoms. The number of hydrogen-bond donors (Lipinski definition) is 0. The molecule has 0 N–H and O–H groups in total. The van der Waals surface area contributed by atoms with Crippen molar-refractivity contribution in [3.05, 3.63) is 34.4 Å². The predicted octanol–water partition coefficient (Wildman–Crippen LogP) is 3.03. The van der Waals surface area contributed by atoms with Gasteiger partial charge >= 0.3 is 5.97 Å². The largest absolute Gasteiger partial charge is 0.466 e. The second-order valence-corrected chi connectivity index (χ2v) is 5.50. The third-order valence-corrected chi connectivity index (χ3v) is 3.86. The van der Waals surface area contributed by atoms with Crippen molar-refractivity contribution in [1.29, 1.82) is 0 Å². The molecule has 1 atom stereocenters. The molecular weight excluding hydrogens is 316 g/mol. The Morgan fingerprint density at radius 2 is 2.09 bits per heavy atom. The highest BCUT2D eigenvalue weighted by molar-refractivity contribution is 6.30. The summed E-state index contributed by atoms with van der Waals surface area (Å²) in [6, 6.07) is 1.56. The van der Waals surface area contributed by atoms with Crippen molar-refractivity contribution in [2.45, 2.75) is 19.8 Å². The molecule has 1 unspecified atom stereocenters. The van der Waals surface area contributed by atoms with E-state index in [0.29, 0.717) is 19.4 Å². The molecular formula is C15H16ClF2NO3. The van der Waals surface area contributed by atoms with Crippen LogP contribution in [0, 0.1) is 17.6 Å². The van der Waals surface area contributed by atoms with E-state index >= 15 is 0 Å². The molecule has 7 heteroatoms. The van der Waals surface area contributed by atoms with Crippen LogP contribution in [0.2, 0.25) is 5.02 Å². The monoisotopic (exact) mass is 331 g/mol. The maximum Gasteiger partial charge on any atom is 0.310 e. The predicted molar refractivity (Wildman–Crippen MR) is 76.6 cm³/mol. The second-order valence-electron chi connectivity index (χ2n) is 5.09. The van der Waals surface area contributed by atoms with E-state index in [1.165, 1.54) is 4.90 Å². The Hall–Kier alpha value is -1.69. The van der Waals surface area contributed by atoms with Crippen LogP contribution in [0.1, 0.15) is 30.1 Å². The quantitative estimate of drug-likeness (QED) is 0.632. The Bertz CT molecular complexity index is 594. The molecule has 0 aliphatic carbocycles. The summed E-state index contributed by atoms with van der Waals surface area (Å²) < 4.78 is 32.2. The fraction of sp³-hybridized carbons (Fsp3) is 0.467. The zero-order valence-electron chi connectivity index (χ0n) is 12.1. The molecule has 4 nitrogen and oxygen atoms in total. The van der Waals surface area contributed by atoms with Crippen molar-refractivity contribution in [3.8, 4) is 0 Å². The number of benzene rings is 1. The van der Waals surface area contributed by atoms with Crippen molar-refractivity contribution in [2.75, 3.05) is 19.7 Å². The molecule has 0 spiro atoms. The number of rotatable bonds is 3. The van der Waals surface area contributed by atoms with E-state index in [0.717, 1.165) is 12.1 Å². The molecule has 2 rings (SSSR count). The fourth-order valence-electron chi connectivity index (χ4n) is 2.47. The summed E-state index contributed by atoms with van der Waals surface area (Å²) in [6.45, 7) is 2.50. The highest BCUT2D eigenvalue weighted by Crippen LogP contribution is 2.24. The first-order valence-electron chi connectivity index (χ1n) is 7.04. The van der Waals surface area contributed by atoms with Gasteiger partial charge in [-0.25, -0.2) is 8.78 Å². The fourth-order valence-corrected chi connectivity index (χ4v) is 2.62. The minimum atomic E-state index is -0.880. The van der Waals surface area contributed by atoms with Crippen LogP contribution >= 0.6 is 11.6 Å². The summed E-state index contributed by atoms with van der Waals surface area (Å²) in [4.78, 5) is 25.4. The third kappa shape index (κ3) is 3.55. The van der Waals surface area contributed by atoms with Gasteiger partial charge in [0, 0.05) is 13.1 Å². The van der Waals surface area contributed by atoms with Crippen molar-refractivity contribution in [2.24, 2.45) is 5.92 Å². The number of esters is 1. The molecule has 1 aliphatic rings. The van der Waals surface area contributed by atoms with Crippen LogP contribution in [0.5, 0.6) is 0 Å². The van der Waals surface area contributed by atoms with Gasteiger partial charge in [0.15, 0.2) is 0 Å². The highest BCUT2D eigenvalue weighted by atomic mass is 35.5. The van der Waals surface area contributed by atoms with Gasteiger partial charge in [-0.05, 0) is 31.9 Å². The first-order valence-corrected chi connectivity index (χ1v) is 7.42. The number of halogens is 3. The number of nitrogens with zero attached hydrogens (tertiary/aromatic N) is 1. The Balaban J connectivity index is 2.15. The first kappa shape index (κ1) is 16.7. The molecule has 1 aliphatic heterocycles. The zero-order valence-corrected chi connectivity index (χ0v) is 12.8. The molecule has 1 aromatic rings. The molecule has 1 saturated heterocycles. The number of ether oxygens (including phenoxy) is 1. The summed E-state index contributed by atoms with van der Waals surface area (Å²) in [5, 5.41) is -0.378. The number of piperidine rings is 1. The van der Waals surface area contributed by atoms with Gasteiger partial charge in [0.1, 0.15) is 11.6 Å². The van der Waals surface area contributed by atoms with Gasteiger partial charge in [0.05, 0.1) is 23.1 Å². The minimum absolute atomic E-state index is 0.140. The van der Waals surface area contributed by atoms with E-state index in [9.17, 15) is 18.4 Å². The average Bonchev–Trinajstić information content (AvgIpc) is 2.50. The summed E-state index contributed by atoms with van der Waals surface area (Å²) >= 11 is 5.47. The smallest absolute Gasteiger partial charge is 0.310 e. The van der Waals surface area contributed by atoms with Gasteiger partial charge in [-0.3, -0.25) is 9.59 Å². The van der Waals surface area contributed by atoms with Gasteiger partial charge in [0.2, 0.25) is 0 Å². The third-order valence-electron chi connectivity index (χ3n) is 3.57. The number of amides is 1. The minimum Gasteiger partial charge on any atom is -0.466 e. The van der Waals surface area contributed by atoms with Crippen LogP contribution in [-0.4, -0.2) is 36.5 Å². The lowest BCUT2D eigenvalue weighted by molar-refractivity contribution is -0.149. The van der Waals surface area contributed by atoms with Crippen molar-refractivity contribution in [1.82, 2.24) is 4.90 Å². The molecule has 1 fully saturated rings. The van der Waals surface area contributed by atoms with E-state index in [1.54, 1.807) is 6.92 Å². The molecule has 1 heterocycles. The van der Waals surface area contributed by atoms with Crippen LogP contribution in [0.15, 0.2) is 12.1 Å². The van der Waals surface area contributed by atoms with Crippen molar-refractivity contribution >= 4 is 23.5 Å². The number of carbonyl (C=O) groups excluding carboxylic acids is 2. The van der Waals surface area contributed by atoms with E-state index in [-0.39, 0.29) is 29.7 Å². The molecule has 0 aromatic heterocycles. The topological polar surface area (TPSA) is 46.6 Å². The van der Waals surface area contributed by atoms with Crippen molar-refractivity contribution in [3.63, 3.8) is 0 Å². The normalized spacial score (nSPS) is 18.2. The van der Waals surface area contributed by atoms with E-state index in [1.807, 2.05) is 0 Å². The van der Waals surface area contributed by atoms with Gasteiger partial charge in [-0.2, -0.15) is 0 Å². The van der Waals surface area contributed by atoms with Gasteiger partial charge in [0.25, 0.3) is 5.91 Å². The van der Waals surface area contributed by atoms with Crippen LogP contribution < -0.4 is 0 Å². The highest BCUT2D eigenvalue weighted by Gasteiger charge is 2.31. The second kappa shape index (κ2) is 7.05. The molecule has 1 aromatic carbocycles. The maximum absolute atomic E-state index is 13.8. The average molecular weight is 332 g/mol. The van der Waals surface area contributed by atoms with E-state index in [2.05, 4.69) is 0 Å². The number of likely N-dealkylation sites (tertiary alicyclic amines) is 1. The van der Waals surface area contributed by atoms with Crippen LogP contribution in [0.4, 0.5) is 8.78 Å². The Labute approximate surface area is 132 Å². The SMILES string of the molecule is CCOC(=O)C1CCCN(C(=O)c2cc(F)c(Cl)cc2F)C1. The Morgan fingerprint density at radius 1 is 1.36 bits per heavy atom. The lowest BCUT2D eigenvalue weighted by Gasteiger charge is -2.31. The molecule has 1 amide bonds. The number of hydrogen-bond acceptors (Lipinski definition) is 3. The summed E-state index contributed by atoms with van der Waals surface area (Å²) in [7, 11) is 0. The van der Waals surface area contributed by atoms with E-state index < -0.39 is 23.5 Å². The molecule has 0 radical (unpaired) electrons.